The van der Waals surface area contributed by atoms with Crippen molar-refractivity contribution in [3.05, 3.63) is 35.6 Å². The molecule has 102 valence electrons. The van der Waals surface area contributed by atoms with Crippen LogP contribution in [0, 0.1) is 5.82 Å². The first kappa shape index (κ1) is 15.1. The maximum Gasteiger partial charge on any atom is 0.126 e. The third-order valence-corrected chi connectivity index (χ3v) is 3.01. The molecule has 0 aliphatic carbocycles. The molecular formula is C15H24FNO. The fraction of sp³-hybridized carbons (Fsp3) is 0.600. The maximum atomic E-state index is 13.5. The van der Waals surface area contributed by atoms with Crippen molar-refractivity contribution in [3.63, 3.8) is 0 Å². The summed E-state index contributed by atoms with van der Waals surface area (Å²) in [5.41, 5.74) is 0.769. The monoisotopic (exact) mass is 253 g/mol. The molecule has 2 atom stereocenters. The van der Waals surface area contributed by atoms with Gasteiger partial charge in [-0.3, -0.25) is 0 Å². The van der Waals surface area contributed by atoms with Gasteiger partial charge in [0.15, 0.2) is 0 Å². The molecule has 0 heterocycles. The van der Waals surface area contributed by atoms with Crippen LogP contribution in [0.25, 0.3) is 0 Å². The van der Waals surface area contributed by atoms with Gasteiger partial charge in [0.25, 0.3) is 0 Å². The van der Waals surface area contributed by atoms with Gasteiger partial charge in [-0.15, -0.1) is 0 Å². The molecule has 0 amide bonds. The zero-order valence-corrected chi connectivity index (χ0v) is 11.6. The van der Waals surface area contributed by atoms with Crippen LogP contribution in [0.1, 0.15) is 32.3 Å². The van der Waals surface area contributed by atoms with E-state index < -0.39 is 0 Å². The number of hydrogen-bond acceptors (Lipinski definition) is 2. The van der Waals surface area contributed by atoms with Crippen molar-refractivity contribution >= 4 is 0 Å². The second-order valence-electron chi connectivity index (χ2n) is 4.80. The van der Waals surface area contributed by atoms with Crippen molar-refractivity contribution in [1.29, 1.82) is 0 Å². The number of ether oxygens (including phenoxy) is 1. The molecule has 0 radical (unpaired) electrons. The highest BCUT2D eigenvalue weighted by molar-refractivity contribution is 5.18. The predicted octanol–water partition coefficient (Wildman–Crippen LogP) is 3.16. The molecule has 3 heteroatoms. The molecule has 0 saturated carbocycles. The van der Waals surface area contributed by atoms with Gasteiger partial charge in [0.05, 0.1) is 6.61 Å². The lowest BCUT2D eigenvalue weighted by molar-refractivity contribution is 0.157. The van der Waals surface area contributed by atoms with Gasteiger partial charge in [-0.25, -0.2) is 4.39 Å². The molecule has 2 unspecified atom stereocenters. The Hall–Kier alpha value is -0.930. The average molecular weight is 253 g/mol. The summed E-state index contributed by atoms with van der Waals surface area (Å²) in [7, 11) is 1.71. The normalized spacial score (nSPS) is 14.4. The van der Waals surface area contributed by atoms with Crippen molar-refractivity contribution in [2.45, 2.75) is 45.2 Å². The third kappa shape index (κ3) is 5.15. The lowest BCUT2D eigenvalue weighted by Gasteiger charge is -2.22. The smallest absolute Gasteiger partial charge is 0.126 e. The van der Waals surface area contributed by atoms with Crippen LogP contribution in [0.2, 0.25) is 0 Å². The number of rotatable bonds is 8. The molecular weight excluding hydrogens is 229 g/mol. The van der Waals surface area contributed by atoms with Crippen LogP contribution >= 0.6 is 0 Å². The highest BCUT2D eigenvalue weighted by Gasteiger charge is 2.12. The van der Waals surface area contributed by atoms with E-state index >= 15 is 0 Å². The largest absolute Gasteiger partial charge is 0.383 e. The van der Waals surface area contributed by atoms with Gasteiger partial charge in [-0.2, -0.15) is 0 Å². The van der Waals surface area contributed by atoms with Gasteiger partial charge < -0.3 is 10.1 Å². The Balaban J connectivity index is 2.49. The summed E-state index contributed by atoms with van der Waals surface area (Å²) in [6.45, 7) is 4.95. The summed E-state index contributed by atoms with van der Waals surface area (Å²) >= 11 is 0. The van der Waals surface area contributed by atoms with Crippen molar-refractivity contribution < 1.29 is 9.13 Å². The second kappa shape index (κ2) is 8.22. The van der Waals surface area contributed by atoms with E-state index in [1.54, 1.807) is 13.2 Å². The summed E-state index contributed by atoms with van der Waals surface area (Å²) in [5, 5.41) is 3.50. The standard InChI is InChI=1S/C15H24FNO/c1-4-7-14(11-18-3)17-12(2)10-13-8-5-6-9-15(13)16/h5-6,8-9,12,14,17H,4,7,10-11H2,1-3H3. The summed E-state index contributed by atoms with van der Waals surface area (Å²) in [6.07, 6.45) is 2.90. The number of nitrogens with one attached hydrogen (secondary N) is 1. The lowest BCUT2D eigenvalue weighted by Crippen LogP contribution is -2.40. The van der Waals surface area contributed by atoms with E-state index in [1.807, 2.05) is 12.1 Å². The highest BCUT2D eigenvalue weighted by atomic mass is 19.1. The molecule has 0 aromatic heterocycles. The topological polar surface area (TPSA) is 21.3 Å². The summed E-state index contributed by atoms with van der Waals surface area (Å²) in [6, 6.07) is 7.56. The Labute approximate surface area is 110 Å². The van der Waals surface area contributed by atoms with Crippen LogP contribution < -0.4 is 5.32 Å². The third-order valence-electron chi connectivity index (χ3n) is 3.01. The minimum atomic E-state index is -0.120. The van der Waals surface area contributed by atoms with E-state index in [-0.39, 0.29) is 11.9 Å². The minimum absolute atomic E-state index is 0.120. The molecule has 0 aliphatic heterocycles. The SMILES string of the molecule is CCCC(COC)NC(C)Cc1ccccc1F. The zero-order valence-electron chi connectivity index (χ0n) is 11.6. The van der Waals surface area contributed by atoms with Crippen LogP contribution in [-0.2, 0) is 11.2 Å². The second-order valence-corrected chi connectivity index (χ2v) is 4.80. The molecule has 2 nitrogen and oxygen atoms in total. The molecule has 1 aromatic rings. The van der Waals surface area contributed by atoms with Crippen molar-refractivity contribution in [3.8, 4) is 0 Å². The van der Waals surface area contributed by atoms with E-state index in [4.69, 9.17) is 4.74 Å². The number of methoxy groups -OCH3 is 1. The first-order valence-electron chi connectivity index (χ1n) is 6.65. The van der Waals surface area contributed by atoms with Gasteiger partial charge in [-0.1, -0.05) is 31.5 Å². The summed E-state index contributed by atoms with van der Waals surface area (Å²) in [4.78, 5) is 0. The van der Waals surface area contributed by atoms with E-state index in [1.165, 1.54) is 6.07 Å². The Kier molecular flexibility index (Phi) is 6.91. The van der Waals surface area contributed by atoms with Gasteiger partial charge in [-0.05, 0) is 31.4 Å². The van der Waals surface area contributed by atoms with Crippen LogP contribution in [0.15, 0.2) is 24.3 Å². The zero-order chi connectivity index (χ0) is 13.4. The van der Waals surface area contributed by atoms with Gasteiger partial charge in [0.2, 0.25) is 0 Å². The quantitative estimate of drug-likeness (QED) is 0.768. The van der Waals surface area contributed by atoms with Crippen LogP contribution in [0.3, 0.4) is 0 Å². The molecule has 0 spiro atoms. The Bertz CT molecular complexity index is 337. The van der Waals surface area contributed by atoms with Crippen LogP contribution in [0.4, 0.5) is 4.39 Å². The van der Waals surface area contributed by atoms with Gasteiger partial charge >= 0.3 is 0 Å². The Morgan fingerprint density at radius 1 is 1.33 bits per heavy atom. The van der Waals surface area contributed by atoms with Crippen molar-refractivity contribution in [2.75, 3.05) is 13.7 Å². The fourth-order valence-corrected chi connectivity index (χ4v) is 2.22. The molecule has 0 bridgehead atoms. The highest BCUT2D eigenvalue weighted by Crippen LogP contribution is 2.10. The number of halogens is 1. The molecule has 0 saturated heterocycles. The van der Waals surface area contributed by atoms with Crippen molar-refractivity contribution in [1.82, 2.24) is 5.32 Å². The fourth-order valence-electron chi connectivity index (χ4n) is 2.22. The average Bonchev–Trinajstić information content (AvgIpc) is 2.33. The molecule has 18 heavy (non-hydrogen) atoms. The molecule has 1 aromatic carbocycles. The van der Waals surface area contributed by atoms with Crippen molar-refractivity contribution in [2.24, 2.45) is 0 Å². The number of hydrogen-bond donors (Lipinski definition) is 1. The van der Waals surface area contributed by atoms with E-state index in [0.717, 1.165) is 18.4 Å². The maximum absolute atomic E-state index is 13.5. The van der Waals surface area contributed by atoms with E-state index in [0.29, 0.717) is 19.1 Å². The molecule has 0 fully saturated rings. The molecule has 1 N–H and O–H groups in total. The lowest BCUT2D eigenvalue weighted by atomic mass is 10.0. The van der Waals surface area contributed by atoms with E-state index in [9.17, 15) is 4.39 Å². The summed E-state index contributed by atoms with van der Waals surface area (Å²) < 4.78 is 18.7. The number of benzene rings is 1. The van der Waals surface area contributed by atoms with E-state index in [2.05, 4.69) is 19.2 Å². The first-order chi connectivity index (χ1) is 8.67. The van der Waals surface area contributed by atoms with Gasteiger partial charge in [0, 0.05) is 19.2 Å². The van der Waals surface area contributed by atoms with Gasteiger partial charge in [0.1, 0.15) is 5.82 Å². The Morgan fingerprint density at radius 2 is 2.06 bits per heavy atom. The van der Waals surface area contributed by atoms with Crippen LogP contribution in [0.5, 0.6) is 0 Å². The Morgan fingerprint density at radius 3 is 2.67 bits per heavy atom. The van der Waals surface area contributed by atoms with Crippen LogP contribution in [-0.4, -0.2) is 25.8 Å². The first-order valence-corrected chi connectivity index (χ1v) is 6.65. The molecule has 1 rings (SSSR count). The molecule has 0 aliphatic rings. The summed E-state index contributed by atoms with van der Waals surface area (Å²) in [5.74, 6) is -0.120. The predicted molar refractivity (Wildman–Crippen MR) is 73.3 cm³/mol. The minimum Gasteiger partial charge on any atom is -0.383 e.